The molecule has 2 aromatic rings. The molecule has 0 radical (unpaired) electrons. The molecule has 90 valence electrons. The van der Waals surface area contributed by atoms with Gasteiger partial charge in [-0.1, -0.05) is 11.8 Å². The first kappa shape index (κ1) is 12.4. The highest BCUT2D eigenvalue weighted by atomic mass is 32.2. The molecular weight excluding hydrogens is 278 g/mol. The molecule has 5 nitrogen and oxygen atoms in total. The molecule has 0 fully saturated rings. The minimum absolute atomic E-state index is 0.0470. The number of primary sulfonamides is 1. The molecule has 17 heavy (non-hydrogen) atoms. The number of anilines is 1. The number of nitrogen functional groups attached to an aromatic ring is 1. The molecule has 0 saturated heterocycles. The highest BCUT2D eigenvalue weighted by Gasteiger charge is 2.11. The molecule has 8 heteroatoms. The zero-order valence-corrected chi connectivity index (χ0v) is 11.0. The van der Waals surface area contributed by atoms with Crippen molar-refractivity contribution in [1.82, 2.24) is 4.98 Å². The maximum absolute atomic E-state index is 11.2. The Morgan fingerprint density at radius 2 is 2.12 bits per heavy atom. The molecule has 2 rings (SSSR count). The Balaban J connectivity index is 2.40. The van der Waals surface area contributed by atoms with E-state index in [4.69, 9.17) is 10.9 Å². The normalized spacial score (nSPS) is 11.6. The third kappa shape index (κ3) is 2.97. The monoisotopic (exact) mass is 287 g/mol. The van der Waals surface area contributed by atoms with Crippen LogP contribution in [0, 0.1) is 0 Å². The van der Waals surface area contributed by atoms with Crippen LogP contribution in [0.1, 0.15) is 0 Å². The number of rotatable bonds is 3. The first-order valence-corrected chi connectivity index (χ1v) is 7.71. The highest BCUT2D eigenvalue weighted by molar-refractivity contribution is 8.01. The van der Waals surface area contributed by atoms with E-state index in [-0.39, 0.29) is 4.90 Å². The summed E-state index contributed by atoms with van der Waals surface area (Å²) >= 11 is 2.77. The van der Waals surface area contributed by atoms with E-state index in [2.05, 4.69) is 4.98 Å². The standard InChI is InChI=1S/C9H9N3O2S3/c10-7-2-1-6(17(11,13)14)5-8(7)16-9-12-3-4-15-9/h1-5H,10H2,(H2,11,13,14). The average molecular weight is 287 g/mol. The number of hydrogen-bond acceptors (Lipinski definition) is 6. The van der Waals surface area contributed by atoms with Crippen LogP contribution in [0.2, 0.25) is 0 Å². The van der Waals surface area contributed by atoms with E-state index in [1.807, 2.05) is 5.38 Å². The molecule has 0 saturated carbocycles. The smallest absolute Gasteiger partial charge is 0.238 e. The quantitative estimate of drug-likeness (QED) is 0.834. The lowest BCUT2D eigenvalue weighted by Gasteiger charge is -2.05. The van der Waals surface area contributed by atoms with Crippen molar-refractivity contribution in [1.29, 1.82) is 0 Å². The van der Waals surface area contributed by atoms with Crippen molar-refractivity contribution in [3.05, 3.63) is 29.8 Å². The van der Waals surface area contributed by atoms with Gasteiger partial charge in [0.05, 0.1) is 4.90 Å². The van der Waals surface area contributed by atoms with Crippen molar-refractivity contribution in [3.8, 4) is 0 Å². The van der Waals surface area contributed by atoms with Crippen LogP contribution in [0.5, 0.6) is 0 Å². The van der Waals surface area contributed by atoms with Gasteiger partial charge in [-0.15, -0.1) is 11.3 Å². The van der Waals surface area contributed by atoms with Gasteiger partial charge in [-0.25, -0.2) is 18.5 Å². The highest BCUT2D eigenvalue weighted by Crippen LogP contribution is 2.34. The first-order chi connectivity index (χ1) is 7.97. The van der Waals surface area contributed by atoms with E-state index in [0.717, 1.165) is 4.34 Å². The number of nitrogens with two attached hydrogens (primary N) is 2. The molecule has 1 heterocycles. The summed E-state index contributed by atoms with van der Waals surface area (Å²) in [5.41, 5.74) is 6.27. The van der Waals surface area contributed by atoms with Gasteiger partial charge in [-0.05, 0) is 18.2 Å². The van der Waals surface area contributed by atoms with Gasteiger partial charge >= 0.3 is 0 Å². The number of aromatic nitrogens is 1. The van der Waals surface area contributed by atoms with E-state index in [1.54, 1.807) is 6.20 Å². The zero-order chi connectivity index (χ0) is 12.5. The van der Waals surface area contributed by atoms with Gasteiger partial charge in [0, 0.05) is 22.2 Å². The van der Waals surface area contributed by atoms with Crippen LogP contribution in [0.15, 0.2) is 43.9 Å². The molecule has 0 atom stereocenters. The predicted octanol–water partition coefficient (Wildman–Crippen LogP) is 1.52. The molecule has 0 spiro atoms. The van der Waals surface area contributed by atoms with Crippen molar-refractivity contribution in [3.63, 3.8) is 0 Å². The van der Waals surface area contributed by atoms with Crippen LogP contribution in [0.3, 0.4) is 0 Å². The Kier molecular flexibility index (Phi) is 3.38. The first-order valence-electron chi connectivity index (χ1n) is 4.46. The minimum Gasteiger partial charge on any atom is -0.398 e. The van der Waals surface area contributed by atoms with Crippen molar-refractivity contribution < 1.29 is 8.42 Å². The molecule has 4 N–H and O–H groups in total. The number of nitrogens with zero attached hydrogens (tertiary/aromatic N) is 1. The van der Waals surface area contributed by atoms with Crippen LogP contribution >= 0.6 is 23.1 Å². The van der Waals surface area contributed by atoms with Crippen molar-refractivity contribution in [2.75, 3.05) is 5.73 Å². The SMILES string of the molecule is Nc1ccc(S(N)(=O)=O)cc1Sc1nccs1. The second-order valence-electron chi connectivity index (χ2n) is 3.14. The van der Waals surface area contributed by atoms with E-state index in [1.165, 1.54) is 41.3 Å². The Morgan fingerprint density at radius 3 is 2.71 bits per heavy atom. The largest absolute Gasteiger partial charge is 0.398 e. The molecule has 1 aromatic carbocycles. The van der Waals surface area contributed by atoms with Crippen molar-refractivity contribution in [2.24, 2.45) is 5.14 Å². The topological polar surface area (TPSA) is 99.1 Å². The fourth-order valence-electron chi connectivity index (χ4n) is 1.13. The summed E-state index contributed by atoms with van der Waals surface area (Å²) in [6.07, 6.45) is 1.67. The maximum Gasteiger partial charge on any atom is 0.238 e. The van der Waals surface area contributed by atoms with Crippen LogP contribution in [-0.2, 0) is 10.0 Å². The minimum atomic E-state index is -3.71. The lowest BCUT2D eigenvalue weighted by atomic mass is 10.3. The summed E-state index contributed by atoms with van der Waals surface area (Å²) < 4.78 is 23.2. The van der Waals surface area contributed by atoms with Crippen LogP contribution < -0.4 is 10.9 Å². The molecule has 0 bridgehead atoms. The van der Waals surface area contributed by atoms with Crippen LogP contribution in [0.4, 0.5) is 5.69 Å². The Bertz CT molecular complexity index is 623. The lowest BCUT2D eigenvalue weighted by Crippen LogP contribution is -2.12. The molecule has 1 aromatic heterocycles. The predicted molar refractivity (Wildman–Crippen MR) is 68.5 cm³/mol. The summed E-state index contributed by atoms with van der Waals surface area (Å²) in [6.45, 7) is 0. The number of benzene rings is 1. The Hall–Kier alpha value is -1.09. The van der Waals surface area contributed by atoms with Gasteiger partial charge in [0.2, 0.25) is 10.0 Å². The number of sulfonamides is 1. The van der Waals surface area contributed by atoms with Gasteiger partial charge in [-0.3, -0.25) is 0 Å². The maximum atomic E-state index is 11.2. The molecule has 0 aliphatic rings. The molecule has 0 amide bonds. The Morgan fingerprint density at radius 1 is 1.35 bits per heavy atom. The number of thiazole rings is 1. The average Bonchev–Trinajstić information content (AvgIpc) is 2.72. The lowest BCUT2D eigenvalue weighted by molar-refractivity contribution is 0.597. The summed E-state index contributed by atoms with van der Waals surface area (Å²) in [5, 5.41) is 6.89. The third-order valence-corrected chi connectivity index (χ3v) is 4.79. The van der Waals surface area contributed by atoms with E-state index < -0.39 is 10.0 Å². The van der Waals surface area contributed by atoms with Gasteiger partial charge in [0.1, 0.15) is 0 Å². The summed E-state index contributed by atoms with van der Waals surface area (Å²) in [4.78, 5) is 4.77. The second kappa shape index (κ2) is 4.65. The molecule has 0 aliphatic heterocycles. The fourth-order valence-corrected chi connectivity index (χ4v) is 3.41. The van der Waals surface area contributed by atoms with Gasteiger partial charge in [0.25, 0.3) is 0 Å². The van der Waals surface area contributed by atoms with E-state index >= 15 is 0 Å². The second-order valence-corrected chi connectivity index (χ2v) is 6.89. The number of hydrogen-bond donors (Lipinski definition) is 2. The van der Waals surface area contributed by atoms with Gasteiger partial charge < -0.3 is 5.73 Å². The van der Waals surface area contributed by atoms with Crippen molar-refractivity contribution in [2.45, 2.75) is 14.1 Å². The van der Waals surface area contributed by atoms with Gasteiger partial charge in [-0.2, -0.15) is 0 Å². The van der Waals surface area contributed by atoms with E-state index in [9.17, 15) is 8.42 Å². The third-order valence-electron chi connectivity index (χ3n) is 1.92. The fraction of sp³-hybridized carbons (Fsp3) is 0. The van der Waals surface area contributed by atoms with E-state index in [0.29, 0.717) is 10.6 Å². The summed E-state index contributed by atoms with van der Waals surface area (Å²) in [6, 6.07) is 4.36. The van der Waals surface area contributed by atoms with Crippen LogP contribution in [0.25, 0.3) is 0 Å². The zero-order valence-electron chi connectivity index (χ0n) is 8.53. The Labute approximate surface area is 107 Å². The molecular formula is C9H9N3O2S3. The van der Waals surface area contributed by atoms with Crippen LogP contribution in [-0.4, -0.2) is 13.4 Å². The summed E-state index contributed by atoms with van der Waals surface area (Å²) in [7, 11) is -3.71. The van der Waals surface area contributed by atoms with Crippen molar-refractivity contribution >= 4 is 38.8 Å². The van der Waals surface area contributed by atoms with Gasteiger partial charge in [0.15, 0.2) is 4.34 Å². The molecule has 0 aliphatic carbocycles. The summed E-state index contributed by atoms with van der Waals surface area (Å²) in [5.74, 6) is 0. The molecule has 0 unspecified atom stereocenters.